The SMILES string of the molecule is O=C(O)CCCC(=O)NCC(=O)N1CCC[C@H]1C(=O)OCc1ccc([N+](=O)[O-])cc1. The van der Waals surface area contributed by atoms with E-state index in [9.17, 15) is 29.3 Å². The number of nitro groups is 1. The summed E-state index contributed by atoms with van der Waals surface area (Å²) >= 11 is 0. The number of carbonyl (C=O) groups is 4. The predicted molar refractivity (Wildman–Crippen MR) is 102 cm³/mol. The van der Waals surface area contributed by atoms with E-state index in [0.29, 0.717) is 24.9 Å². The average molecular weight is 421 g/mol. The highest BCUT2D eigenvalue weighted by Gasteiger charge is 2.35. The summed E-state index contributed by atoms with van der Waals surface area (Å²) in [6.45, 7) is 0.0126. The minimum absolute atomic E-state index is 0.000285. The highest BCUT2D eigenvalue weighted by molar-refractivity contribution is 5.89. The Morgan fingerprint density at radius 1 is 1.20 bits per heavy atom. The molecule has 1 heterocycles. The highest BCUT2D eigenvalue weighted by atomic mass is 16.6. The van der Waals surface area contributed by atoms with Gasteiger partial charge in [-0.15, -0.1) is 0 Å². The molecule has 2 N–H and O–H groups in total. The van der Waals surface area contributed by atoms with Gasteiger partial charge in [0.05, 0.1) is 11.5 Å². The molecular weight excluding hydrogens is 398 g/mol. The molecule has 1 aliphatic heterocycles. The van der Waals surface area contributed by atoms with Gasteiger partial charge >= 0.3 is 11.9 Å². The molecule has 162 valence electrons. The summed E-state index contributed by atoms with van der Waals surface area (Å²) in [6.07, 6.45) is 1.11. The van der Waals surface area contributed by atoms with Crippen LogP contribution in [0.1, 0.15) is 37.7 Å². The summed E-state index contributed by atoms with van der Waals surface area (Å²) in [4.78, 5) is 58.4. The smallest absolute Gasteiger partial charge is 0.329 e. The minimum Gasteiger partial charge on any atom is -0.481 e. The van der Waals surface area contributed by atoms with E-state index in [4.69, 9.17) is 9.84 Å². The fraction of sp³-hybridized carbons (Fsp3) is 0.474. The molecule has 1 saturated heterocycles. The normalized spacial score (nSPS) is 15.5. The zero-order valence-electron chi connectivity index (χ0n) is 16.2. The maximum Gasteiger partial charge on any atom is 0.329 e. The Morgan fingerprint density at radius 3 is 2.53 bits per heavy atom. The second kappa shape index (κ2) is 10.9. The van der Waals surface area contributed by atoms with Gasteiger partial charge in [0.2, 0.25) is 11.8 Å². The molecule has 1 atom stereocenters. The molecule has 1 aliphatic rings. The molecular formula is C19H23N3O8. The standard InChI is InChI=1S/C19H23N3O8/c23-16(4-1-5-18(25)26)20-11-17(24)21-10-2-3-15(21)19(27)30-12-13-6-8-14(9-7-13)22(28)29/h6-9,15H,1-5,10-12H2,(H,20,23)(H,25,26)/t15-/m0/s1. The summed E-state index contributed by atoms with van der Waals surface area (Å²) in [5.74, 6) is -2.42. The number of hydrogen-bond donors (Lipinski definition) is 2. The molecule has 0 aliphatic carbocycles. The van der Waals surface area contributed by atoms with Crippen LogP contribution in [0.5, 0.6) is 0 Å². The van der Waals surface area contributed by atoms with Crippen molar-refractivity contribution in [3.63, 3.8) is 0 Å². The van der Waals surface area contributed by atoms with Crippen LogP contribution in [0.3, 0.4) is 0 Å². The van der Waals surface area contributed by atoms with Crippen LogP contribution >= 0.6 is 0 Å². The number of nitrogens with one attached hydrogen (secondary N) is 1. The van der Waals surface area contributed by atoms with Crippen LogP contribution in [0.4, 0.5) is 5.69 Å². The average Bonchev–Trinajstić information content (AvgIpc) is 3.20. The van der Waals surface area contributed by atoms with E-state index in [1.54, 1.807) is 0 Å². The van der Waals surface area contributed by atoms with Crippen molar-refractivity contribution in [1.82, 2.24) is 10.2 Å². The molecule has 30 heavy (non-hydrogen) atoms. The number of carboxylic acid groups (broad SMARTS) is 1. The van der Waals surface area contributed by atoms with Crippen LogP contribution in [0.2, 0.25) is 0 Å². The molecule has 0 bridgehead atoms. The topological polar surface area (TPSA) is 156 Å². The van der Waals surface area contributed by atoms with Crippen molar-refractivity contribution in [2.75, 3.05) is 13.1 Å². The molecule has 1 fully saturated rings. The number of ether oxygens (including phenoxy) is 1. The third-order valence-electron chi connectivity index (χ3n) is 4.60. The number of likely N-dealkylation sites (tertiary alicyclic amines) is 1. The molecule has 0 aromatic heterocycles. The number of esters is 1. The van der Waals surface area contributed by atoms with E-state index in [0.717, 1.165) is 0 Å². The van der Waals surface area contributed by atoms with Gasteiger partial charge in [0.1, 0.15) is 12.6 Å². The molecule has 1 aromatic rings. The monoisotopic (exact) mass is 421 g/mol. The second-order valence-electron chi connectivity index (χ2n) is 6.80. The molecule has 2 amide bonds. The molecule has 0 spiro atoms. The summed E-state index contributed by atoms with van der Waals surface area (Å²) in [5, 5.41) is 21.7. The summed E-state index contributed by atoms with van der Waals surface area (Å²) in [5.41, 5.74) is 0.515. The summed E-state index contributed by atoms with van der Waals surface area (Å²) in [6, 6.07) is 4.85. The van der Waals surface area contributed by atoms with Gasteiger partial charge in [0.15, 0.2) is 0 Å². The van der Waals surface area contributed by atoms with Crippen molar-refractivity contribution in [3.8, 4) is 0 Å². The fourth-order valence-electron chi connectivity index (χ4n) is 3.04. The van der Waals surface area contributed by atoms with Crippen LogP contribution in [0, 0.1) is 10.1 Å². The van der Waals surface area contributed by atoms with Crippen molar-refractivity contribution in [2.45, 2.75) is 44.8 Å². The van der Waals surface area contributed by atoms with Gasteiger partial charge in [-0.2, -0.15) is 0 Å². The van der Waals surface area contributed by atoms with Gasteiger partial charge in [-0.1, -0.05) is 0 Å². The third kappa shape index (κ3) is 6.83. The number of aliphatic carboxylic acids is 1. The lowest BCUT2D eigenvalue weighted by molar-refractivity contribution is -0.384. The Labute approximate surface area is 172 Å². The lowest BCUT2D eigenvalue weighted by atomic mass is 10.2. The van der Waals surface area contributed by atoms with Crippen molar-refractivity contribution < 1.29 is 33.9 Å². The molecule has 11 heteroatoms. The molecule has 1 aromatic carbocycles. The van der Waals surface area contributed by atoms with Gasteiger partial charge in [0, 0.05) is 31.5 Å². The summed E-state index contributed by atoms with van der Waals surface area (Å²) in [7, 11) is 0. The number of nitro benzene ring substituents is 1. The first-order chi connectivity index (χ1) is 14.3. The van der Waals surface area contributed by atoms with Gasteiger partial charge in [0.25, 0.3) is 5.69 Å². The Morgan fingerprint density at radius 2 is 1.90 bits per heavy atom. The van der Waals surface area contributed by atoms with E-state index in [-0.39, 0.29) is 38.1 Å². The quantitative estimate of drug-likeness (QED) is 0.322. The van der Waals surface area contributed by atoms with Gasteiger partial charge in [-0.3, -0.25) is 24.5 Å². The van der Waals surface area contributed by atoms with Crippen molar-refractivity contribution in [3.05, 3.63) is 39.9 Å². The Hall–Kier alpha value is -3.50. The first kappa shape index (κ1) is 22.8. The number of amides is 2. The first-order valence-corrected chi connectivity index (χ1v) is 9.46. The van der Waals surface area contributed by atoms with Crippen LogP contribution in [0.25, 0.3) is 0 Å². The van der Waals surface area contributed by atoms with Crippen LogP contribution in [-0.4, -0.2) is 57.8 Å². The van der Waals surface area contributed by atoms with E-state index < -0.39 is 34.7 Å². The fourth-order valence-corrected chi connectivity index (χ4v) is 3.04. The maximum atomic E-state index is 12.4. The zero-order chi connectivity index (χ0) is 22.1. The van der Waals surface area contributed by atoms with Crippen molar-refractivity contribution in [1.29, 1.82) is 0 Å². The van der Waals surface area contributed by atoms with Crippen molar-refractivity contribution in [2.24, 2.45) is 0 Å². The van der Waals surface area contributed by atoms with E-state index >= 15 is 0 Å². The molecule has 2 rings (SSSR count). The van der Waals surface area contributed by atoms with Crippen LogP contribution in [-0.2, 0) is 30.5 Å². The molecule has 0 unspecified atom stereocenters. The lowest BCUT2D eigenvalue weighted by Gasteiger charge is -2.23. The van der Waals surface area contributed by atoms with Gasteiger partial charge < -0.3 is 20.1 Å². The predicted octanol–water partition coefficient (Wildman–Crippen LogP) is 1.00. The number of carbonyl (C=O) groups excluding carboxylic acids is 3. The number of hydrogen-bond acceptors (Lipinski definition) is 7. The summed E-state index contributed by atoms with van der Waals surface area (Å²) < 4.78 is 5.25. The Kier molecular flexibility index (Phi) is 8.27. The lowest BCUT2D eigenvalue weighted by Crippen LogP contribution is -2.46. The minimum atomic E-state index is -0.994. The van der Waals surface area contributed by atoms with Crippen LogP contribution in [0.15, 0.2) is 24.3 Å². The molecule has 0 radical (unpaired) electrons. The third-order valence-corrected chi connectivity index (χ3v) is 4.60. The number of carboxylic acids is 1. The highest BCUT2D eigenvalue weighted by Crippen LogP contribution is 2.20. The number of rotatable bonds is 10. The number of non-ortho nitro benzene ring substituents is 1. The van der Waals surface area contributed by atoms with E-state index in [1.165, 1.54) is 29.2 Å². The van der Waals surface area contributed by atoms with E-state index in [1.807, 2.05) is 0 Å². The molecule has 0 saturated carbocycles. The number of nitrogens with zero attached hydrogens (tertiary/aromatic N) is 2. The Balaban J connectivity index is 1.80. The van der Waals surface area contributed by atoms with E-state index in [2.05, 4.69) is 5.32 Å². The molecule has 11 nitrogen and oxygen atoms in total. The van der Waals surface area contributed by atoms with Crippen molar-refractivity contribution >= 4 is 29.4 Å². The second-order valence-corrected chi connectivity index (χ2v) is 6.80. The first-order valence-electron chi connectivity index (χ1n) is 9.46. The zero-order valence-corrected chi connectivity index (χ0v) is 16.2. The van der Waals surface area contributed by atoms with Gasteiger partial charge in [-0.25, -0.2) is 4.79 Å². The maximum absolute atomic E-state index is 12.4. The number of benzene rings is 1. The largest absolute Gasteiger partial charge is 0.481 e. The Bertz CT molecular complexity index is 809. The van der Waals surface area contributed by atoms with Gasteiger partial charge in [-0.05, 0) is 37.0 Å². The van der Waals surface area contributed by atoms with Crippen LogP contribution < -0.4 is 5.32 Å².